The van der Waals surface area contributed by atoms with Gasteiger partial charge >= 0.3 is 0 Å². The van der Waals surface area contributed by atoms with Crippen LogP contribution in [0.3, 0.4) is 0 Å². The molecule has 2 heterocycles. The molecule has 31 heavy (non-hydrogen) atoms. The lowest BCUT2D eigenvalue weighted by Gasteiger charge is -2.23. The van der Waals surface area contributed by atoms with Crippen LogP contribution in [0.4, 0.5) is 4.39 Å². The van der Waals surface area contributed by atoms with Gasteiger partial charge in [-0.25, -0.2) is 4.98 Å². The van der Waals surface area contributed by atoms with Crippen molar-refractivity contribution in [3.8, 4) is 0 Å². The van der Waals surface area contributed by atoms with Gasteiger partial charge in [-0.05, 0) is 68.1 Å². The highest BCUT2D eigenvalue weighted by molar-refractivity contribution is 5.82. The van der Waals surface area contributed by atoms with Gasteiger partial charge in [-0.2, -0.15) is 4.39 Å². The Morgan fingerprint density at radius 2 is 1.90 bits per heavy atom. The molecule has 3 aromatic rings. The van der Waals surface area contributed by atoms with Crippen LogP contribution in [0.25, 0.3) is 10.9 Å². The molecule has 1 saturated carbocycles. The Kier molecular flexibility index (Phi) is 8.08. The van der Waals surface area contributed by atoms with E-state index in [9.17, 15) is 4.39 Å². The number of nitrogens with zero attached hydrogens (tertiary/aromatic N) is 2. The molecule has 0 aliphatic heterocycles. The van der Waals surface area contributed by atoms with Crippen molar-refractivity contribution in [2.45, 2.75) is 70.5 Å². The number of rotatable bonds is 11. The van der Waals surface area contributed by atoms with Gasteiger partial charge in [0.1, 0.15) is 0 Å². The zero-order chi connectivity index (χ0) is 21.3. The molecule has 0 spiro atoms. The number of unbranched alkanes of at least 4 members (excludes halogenated alkanes) is 2. The SMILES string of the molecule is Fc1cc(CN(CCCCCNC2CCCCC2)Cc2c[nH]c3ccccc23)ccn1. The molecule has 2 aromatic heterocycles. The molecular formula is C26H35FN4. The van der Waals surface area contributed by atoms with E-state index in [1.54, 1.807) is 12.3 Å². The number of pyridine rings is 1. The van der Waals surface area contributed by atoms with Crippen molar-refractivity contribution in [2.24, 2.45) is 0 Å². The number of aromatic nitrogens is 2. The summed E-state index contributed by atoms with van der Waals surface area (Å²) in [6.45, 7) is 3.73. The zero-order valence-corrected chi connectivity index (χ0v) is 18.5. The number of halogens is 1. The van der Waals surface area contributed by atoms with Crippen LogP contribution in [0, 0.1) is 5.95 Å². The first-order valence-electron chi connectivity index (χ1n) is 11.9. The first-order chi connectivity index (χ1) is 15.3. The van der Waals surface area contributed by atoms with Crippen molar-refractivity contribution in [1.29, 1.82) is 0 Å². The second kappa shape index (κ2) is 11.4. The van der Waals surface area contributed by atoms with Gasteiger partial charge < -0.3 is 10.3 Å². The molecule has 1 fully saturated rings. The maximum absolute atomic E-state index is 13.6. The van der Waals surface area contributed by atoms with Crippen molar-refractivity contribution >= 4 is 10.9 Å². The lowest BCUT2D eigenvalue weighted by molar-refractivity contribution is 0.250. The van der Waals surface area contributed by atoms with Crippen molar-refractivity contribution in [3.05, 3.63) is 65.9 Å². The van der Waals surface area contributed by atoms with Gasteiger partial charge in [0, 0.05) is 42.4 Å². The summed E-state index contributed by atoms with van der Waals surface area (Å²) in [4.78, 5) is 9.51. The molecule has 0 atom stereocenters. The van der Waals surface area contributed by atoms with Gasteiger partial charge in [0.15, 0.2) is 0 Å². The van der Waals surface area contributed by atoms with Crippen molar-refractivity contribution in [2.75, 3.05) is 13.1 Å². The summed E-state index contributed by atoms with van der Waals surface area (Å²) in [5, 5.41) is 5.01. The molecule has 0 bridgehead atoms. The normalized spacial score (nSPS) is 15.2. The van der Waals surface area contributed by atoms with E-state index in [2.05, 4.69) is 50.6 Å². The van der Waals surface area contributed by atoms with Crippen LogP contribution in [0.5, 0.6) is 0 Å². The minimum Gasteiger partial charge on any atom is -0.361 e. The Balaban J connectivity index is 1.30. The van der Waals surface area contributed by atoms with E-state index in [1.165, 1.54) is 61.4 Å². The fourth-order valence-electron chi connectivity index (χ4n) is 4.77. The topological polar surface area (TPSA) is 44.0 Å². The van der Waals surface area contributed by atoms with E-state index in [1.807, 2.05) is 6.07 Å². The van der Waals surface area contributed by atoms with Crippen molar-refractivity contribution in [1.82, 2.24) is 20.2 Å². The van der Waals surface area contributed by atoms with Crippen LogP contribution in [-0.2, 0) is 13.1 Å². The van der Waals surface area contributed by atoms with Gasteiger partial charge in [0.2, 0.25) is 5.95 Å². The third kappa shape index (κ3) is 6.62. The summed E-state index contributed by atoms with van der Waals surface area (Å²) < 4.78 is 13.6. The van der Waals surface area contributed by atoms with Crippen molar-refractivity contribution < 1.29 is 4.39 Å². The predicted octanol–water partition coefficient (Wildman–Crippen LogP) is 5.80. The third-order valence-corrected chi connectivity index (χ3v) is 6.46. The fourth-order valence-corrected chi connectivity index (χ4v) is 4.77. The average Bonchev–Trinajstić information content (AvgIpc) is 3.19. The molecule has 5 heteroatoms. The molecule has 1 aliphatic carbocycles. The minimum atomic E-state index is -0.404. The molecule has 1 aromatic carbocycles. The third-order valence-electron chi connectivity index (χ3n) is 6.46. The number of aromatic amines is 1. The second-order valence-electron chi connectivity index (χ2n) is 8.91. The average molecular weight is 423 g/mol. The number of para-hydroxylation sites is 1. The molecule has 166 valence electrons. The lowest BCUT2D eigenvalue weighted by Crippen LogP contribution is -2.31. The van der Waals surface area contributed by atoms with Gasteiger partial charge in [0.25, 0.3) is 0 Å². The highest BCUT2D eigenvalue weighted by atomic mass is 19.1. The lowest BCUT2D eigenvalue weighted by atomic mass is 9.95. The van der Waals surface area contributed by atoms with Crippen LogP contribution in [0.2, 0.25) is 0 Å². The Morgan fingerprint density at radius 1 is 1.03 bits per heavy atom. The molecule has 0 saturated heterocycles. The number of fused-ring (bicyclic) bond motifs is 1. The standard InChI is InChI=1S/C26H35FN4/c27-26-17-21(13-15-29-26)19-31(20-22-18-30-25-12-6-5-11-24(22)25)16-8-2-7-14-28-23-9-3-1-4-10-23/h5-6,11-13,15,17-18,23,28,30H,1-4,7-10,14,16,19-20H2. The van der Waals surface area contributed by atoms with E-state index < -0.39 is 5.95 Å². The minimum absolute atomic E-state index is 0.404. The summed E-state index contributed by atoms with van der Waals surface area (Å²) in [5.41, 5.74) is 3.44. The maximum atomic E-state index is 13.6. The van der Waals surface area contributed by atoms with E-state index in [4.69, 9.17) is 0 Å². The molecule has 0 amide bonds. The van der Waals surface area contributed by atoms with Gasteiger partial charge in [0.05, 0.1) is 0 Å². The highest BCUT2D eigenvalue weighted by Crippen LogP contribution is 2.21. The Hall–Kier alpha value is -2.24. The smallest absolute Gasteiger partial charge is 0.213 e. The van der Waals surface area contributed by atoms with E-state index in [0.29, 0.717) is 0 Å². The fraction of sp³-hybridized carbons (Fsp3) is 0.500. The van der Waals surface area contributed by atoms with Crippen LogP contribution >= 0.6 is 0 Å². The van der Waals surface area contributed by atoms with E-state index in [0.717, 1.165) is 44.2 Å². The summed E-state index contributed by atoms with van der Waals surface area (Å²) in [7, 11) is 0. The van der Waals surface area contributed by atoms with Gasteiger partial charge in [-0.15, -0.1) is 0 Å². The molecule has 0 unspecified atom stereocenters. The Labute approximate surface area is 185 Å². The molecule has 1 aliphatic rings. The summed E-state index contributed by atoms with van der Waals surface area (Å²) >= 11 is 0. The van der Waals surface area contributed by atoms with Crippen LogP contribution < -0.4 is 5.32 Å². The first kappa shape index (κ1) is 22.0. The number of nitrogens with one attached hydrogen (secondary N) is 2. The first-order valence-corrected chi connectivity index (χ1v) is 11.9. The number of hydrogen-bond donors (Lipinski definition) is 2. The van der Waals surface area contributed by atoms with E-state index >= 15 is 0 Å². The molecule has 2 N–H and O–H groups in total. The molecule has 0 radical (unpaired) electrons. The maximum Gasteiger partial charge on any atom is 0.213 e. The molecular weight excluding hydrogens is 387 g/mol. The Morgan fingerprint density at radius 3 is 2.77 bits per heavy atom. The number of hydrogen-bond acceptors (Lipinski definition) is 3. The highest BCUT2D eigenvalue weighted by Gasteiger charge is 2.13. The van der Waals surface area contributed by atoms with Crippen molar-refractivity contribution in [3.63, 3.8) is 0 Å². The number of H-pyrrole nitrogens is 1. The summed E-state index contributed by atoms with van der Waals surface area (Å²) in [6, 6.07) is 12.6. The van der Waals surface area contributed by atoms with Gasteiger partial charge in [-0.1, -0.05) is 43.9 Å². The largest absolute Gasteiger partial charge is 0.361 e. The zero-order valence-electron chi connectivity index (χ0n) is 18.5. The summed E-state index contributed by atoms with van der Waals surface area (Å²) in [6.07, 6.45) is 14.1. The molecule has 4 nitrogen and oxygen atoms in total. The van der Waals surface area contributed by atoms with E-state index in [-0.39, 0.29) is 0 Å². The molecule has 4 rings (SSSR count). The van der Waals surface area contributed by atoms with Crippen LogP contribution in [-0.4, -0.2) is 34.0 Å². The summed E-state index contributed by atoms with van der Waals surface area (Å²) in [5.74, 6) is -0.404. The van der Waals surface area contributed by atoms with Crippen LogP contribution in [0.1, 0.15) is 62.5 Å². The monoisotopic (exact) mass is 422 g/mol. The number of benzene rings is 1. The van der Waals surface area contributed by atoms with Gasteiger partial charge in [-0.3, -0.25) is 4.90 Å². The Bertz CT molecular complexity index is 932. The second-order valence-corrected chi connectivity index (χ2v) is 8.91. The predicted molar refractivity (Wildman–Crippen MR) is 125 cm³/mol. The van der Waals surface area contributed by atoms with Crippen LogP contribution in [0.15, 0.2) is 48.8 Å². The quantitative estimate of drug-likeness (QED) is 0.303.